The Morgan fingerprint density at radius 1 is 1.26 bits per heavy atom. The number of ether oxygens (including phenoxy) is 1. The smallest absolute Gasteiger partial charge is 0.417 e. The average molecular weight is 331 g/mol. The van der Waals surface area contributed by atoms with Gasteiger partial charge >= 0.3 is 6.09 Å². The topological polar surface area (TPSA) is 58.8 Å². The molecular formula is C16H17N3O3S. The second-order valence-corrected chi connectivity index (χ2v) is 7.44. The number of carbonyl (C=O) groups excluding carboxylic acids is 1. The van der Waals surface area contributed by atoms with Gasteiger partial charge in [0.25, 0.3) is 0 Å². The quantitative estimate of drug-likeness (QED) is 0.847. The van der Waals surface area contributed by atoms with Gasteiger partial charge in [0, 0.05) is 30.1 Å². The molecule has 2 aromatic rings. The van der Waals surface area contributed by atoms with Gasteiger partial charge in [-0.3, -0.25) is 4.90 Å². The molecule has 4 aliphatic heterocycles. The largest absolute Gasteiger partial charge is 0.439 e. The third-order valence-corrected chi connectivity index (χ3v) is 6.05. The van der Waals surface area contributed by atoms with Crippen molar-refractivity contribution in [2.75, 3.05) is 31.1 Å². The molecule has 0 saturated carbocycles. The lowest BCUT2D eigenvalue weighted by atomic mass is 9.75. The third-order valence-electron chi connectivity index (χ3n) is 5.26. The molecule has 0 aliphatic carbocycles. The molecule has 2 bridgehead atoms. The Hall–Kier alpha value is -1.86. The first-order valence-corrected chi connectivity index (χ1v) is 8.84. The van der Waals surface area contributed by atoms with Crippen molar-refractivity contribution >= 4 is 23.3 Å². The minimum atomic E-state index is -0.359. The van der Waals surface area contributed by atoms with Crippen LogP contribution in [0.15, 0.2) is 28.1 Å². The molecule has 2 aromatic heterocycles. The maximum absolute atomic E-state index is 12.4. The minimum Gasteiger partial charge on any atom is -0.439 e. The van der Waals surface area contributed by atoms with Crippen LogP contribution in [0, 0.1) is 5.92 Å². The Balaban J connectivity index is 1.43. The highest BCUT2D eigenvalue weighted by atomic mass is 32.1. The maximum atomic E-state index is 12.4. The van der Waals surface area contributed by atoms with Crippen LogP contribution in [0.2, 0.25) is 0 Å². The molecule has 0 N–H and O–H groups in total. The van der Waals surface area contributed by atoms with Gasteiger partial charge in [-0.1, -0.05) is 0 Å². The summed E-state index contributed by atoms with van der Waals surface area (Å²) in [7, 11) is 0. The summed E-state index contributed by atoms with van der Waals surface area (Å²) in [5.74, 6) is 1.71. The van der Waals surface area contributed by atoms with Crippen LogP contribution in [0.4, 0.5) is 10.7 Å². The van der Waals surface area contributed by atoms with E-state index in [9.17, 15) is 4.79 Å². The summed E-state index contributed by atoms with van der Waals surface area (Å²) in [6.45, 7) is 3.68. The van der Waals surface area contributed by atoms with Gasteiger partial charge in [-0.25, -0.2) is 14.7 Å². The van der Waals surface area contributed by atoms with Crippen molar-refractivity contribution in [1.29, 1.82) is 0 Å². The van der Waals surface area contributed by atoms with E-state index in [0.29, 0.717) is 24.1 Å². The number of fused-ring (bicyclic) bond motifs is 2. The zero-order chi connectivity index (χ0) is 15.4. The van der Waals surface area contributed by atoms with Crippen LogP contribution in [-0.4, -0.2) is 47.8 Å². The number of amides is 1. The van der Waals surface area contributed by atoms with Crippen molar-refractivity contribution in [3.8, 4) is 10.8 Å². The van der Waals surface area contributed by atoms with E-state index in [0.717, 1.165) is 37.5 Å². The molecule has 120 valence electrons. The summed E-state index contributed by atoms with van der Waals surface area (Å²) in [6, 6.07) is 3.70. The lowest BCUT2D eigenvalue weighted by Crippen LogP contribution is -2.61. The molecule has 1 spiro atoms. The number of aromatic nitrogens is 1. The van der Waals surface area contributed by atoms with Crippen molar-refractivity contribution in [2.45, 2.75) is 18.4 Å². The SMILES string of the molecule is O=C1OC2(CN3CCC2CC3)CN1c1ccc(-c2nccs2)o1. The summed E-state index contributed by atoms with van der Waals surface area (Å²) in [5, 5.41) is 2.73. The summed E-state index contributed by atoms with van der Waals surface area (Å²) in [5.41, 5.74) is -0.359. The van der Waals surface area contributed by atoms with E-state index in [-0.39, 0.29) is 11.7 Å². The first-order valence-electron chi connectivity index (χ1n) is 7.96. The number of furan rings is 1. The number of hydrogen-bond acceptors (Lipinski definition) is 6. The second-order valence-electron chi connectivity index (χ2n) is 6.54. The fourth-order valence-electron chi connectivity index (χ4n) is 4.11. The van der Waals surface area contributed by atoms with E-state index >= 15 is 0 Å². The molecule has 4 saturated heterocycles. The number of piperidine rings is 3. The molecule has 1 amide bonds. The van der Waals surface area contributed by atoms with Gasteiger partial charge in [-0.15, -0.1) is 11.3 Å². The highest BCUT2D eigenvalue weighted by molar-refractivity contribution is 7.13. The van der Waals surface area contributed by atoms with Gasteiger partial charge in [0.1, 0.15) is 5.60 Å². The van der Waals surface area contributed by atoms with Gasteiger partial charge in [0.15, 0.2) is 10.8 Å². The summed E-state index contributed by atoms with van der Waals surface area (Å²) >= 11 is 1.52. The molecule has 1 unspecified atom stereocenters. The lowest BCUT2D eigenvalue weighted by molar-refractivity contribution is -0.0881. The maximum Gasteiger partial charge on any atom is 0.417 e. The van der Waals surface area contributed by atoms with Crippen LogP contribution in [-0.2, 0) is 4.74 Å². The lowest BCUT2D eigenvalue weighted by Gasteiger charge is -2.49. The molecule has 23 heavy (non-hydrogen) atoms. The van der Waals surface area contributed by atoms with Gasteiger partial charge in [-0.2, -0.15) is 0 Å². The molecule has 0 radical (unpaired) electrons. The Morgan fingerprint density at radius 2 is 2.13 bits per heavy atom. The highest BCUT2D eigenvalue weighted by Gasteiger charge is 2.56. The number of thiazole rings is 1. The summed E-state index contributed by atoms with van der Waals surface area (Å²) in [6.07, 6.45) is 3.68. The normalized spacial score (nSPS) is 32.7. The first-order chi connectivity index (χ1) is 11.2. The minimum absolute atomic E-state index is 0.293. The summed E-state index contributed by atoms with van der Waals surface area (Å²) < 4.78 is 11.7. The van der Waals surface area contributed by atoms with Gasteiger partial charge in [0.2, 0.25) is 5.88 Å². The van der Waals surface area contributed by atoms with Crippen LogP contribution in [0.5, 0.6) is 0 Å². The van der Waals surface area contributed by atoms with Crippen LogP contribution >= 0.6 is 11.3 Å². The molecular weight excluding hydrogens is 314 g/mol. The average Bonchev–Trinajstić information content (AvgIpc) is 3.28. The molecule has 0 aromatic carbocycles. The molecule has 4 fully saturated rings. The number of anilines is 1. The van der Waals surface area contributed by atoms with Crippen LogP contribution in [0.3, 0.4) is 0 Å². The van der Waals surface area contributed by atoms with Crippen molar-refractivity contribution < 1.29 is 13.9 Å². The van der Waals surface area contributed by atoms with E-state index in [2.05, 4.69) is 9.88 Å². The molecule has 4 aliphatic rings. The Bertz CT molecular complexity index is 736. The van der Waals surface area contributed by atoms with E-state index in [1.54, 1.807) is 11.1 Å². The van der Waals surface area contributed by atoms with Crippen molar-refractivity contribution in [3.05, 3.63) is 23.7 Å². The standard InChI is InChI=1S/C16H17N3O3S/c20-15-19(13-2-1-12(21-13)14-17-5-8-23-14)10-16(22-15)9-18-6-3-11(16)4-7-18/h1-2,5,8,11H,3-4,6-7,9-10H2. The highest BCUT2D eigenvalue weighted by Crippen LogP contribution is 2.43. The van der Waals surface area contributed by atoms with E-state index < -0.39 is 0 Å². The zero-order valence-corrected chi connectivity index (χ0v) is 13.4. The van der Waals surface area contributed by atoms with Gasteiger partial charge in [0.05, 0.1) is 6.54 Å². The number of carbonyl (C=O) groups is 1. The predicted molar refractivity (Wildman–Crippen MR) is 85.5 cm³/mol. The second kappa shape index (κ2) is 4.82. The first kappa shape index (κ1) is 13.6. The van der Waals surface area contributed by atoms with E-state index in [1.165, 1.54) is 11.3 Å². The number of nitrogens with zero attached hydrogens (tertiary/aromatic N) is 3. The molecule has 1 atom stereocenters. The number of hydrogen-bond donors (Lipinski definition) is 0. The predicted octanol–water partition coefficient (Wildman–Crippen LogP) is 2.82. The Labute approximate surface area is 137 Å². The fraction of sp³-hybridized carbons (Fsp3) is 0.500. The third kappa shape index (κ3) is 2.03. The summed E-state index contributed by atoms with van der Waals surface area (Å²) in [4.78, 5) is 20.7. The monoisotopic (exact) mass is 331 g/mol. The van der Waals surface area contributed by atoms with Gasteiger partial charge < -0.3 is 9.15 Å². The molecule has 6 heterocycles. The van der Waals surface area contributed by atoms with Crippen molar-refractivity contribution in [3.63, 3.8) is 0 Å². The Morgan fingerprint density at radius 3 is 2.83 bits per heavy atom. The van der Waals surface area contributed by atoms with Crippen LogP contribution in [0.1, 0.15) is 12.8 Å². The molecule has 6 nitrogen and oxygen atoms in total. The van der Waals surface area contributed by atoms with Gasteiger partial charge in [-0.05, 0) is 32.0 Å². The fourth-order valence-corrected chi connectivity index (χ4v) is 4.71. The molecule has 6 rings (SSSR count). The molecule has 7 heteroatoms. The van der Waals surface area contributed by atoms with Crippen molar-refractivity contribution in [1.82, 2.24) is 9.88 Å². The van der Waals surface area contributed by atoms with Crippen LogP contribution in [0.25, 0.3) is 10.8 Å². The van der Waals surface area contributed by atoms with Crippen LogP contribution < -0.4 is 4.90 Å². The zero-order valence-electron chi connectivity index (χ0n) is 12.6. The van der Waals surface area contributed by atoms with E-state index in [1.807, 2.05) is 17.5 Å². The van der Waals surface area contributed by atoms with Crippen molar-refractivity contribution in [2.24, 2.45) is 5.92 Å². The number of rotatable bonds is 2. The van der Waals surface area contributed by atoms with E-state index in [4.69, 9.17) is 9.15 Å². The Kier molecular flexibility index (Phi) is 2.84.